The van der Waals surface area contributed by atoms with Crippen LogP contribution in [0, 0.1) is 5.41 Å². The lowest BCUT2D eigenvalue weighted by atomic mass is 9.82. The zero-order chi connectivity index (χ0) is 14.9. The lowest BCUT2D eigenvalue weighted by Gasteiger charge is -2.35. The largest absolute Gasteiger partial charge is 0.478 e. The van der Waals surface area contributed by atoms with Gasteiger partial charge in [-0.2, -0.15) is 0 Å². The molecule has 0 aromatic rings. The smallest absolute Gasteiger partial charge is 0.363 e. The molecule has 0 saturated carbocycles. The molecule has 0 spiro atoms. The molecular weight excluding hydrogens is 255 g/mol. The fourth-order valence-electron chi connectivity index (χ4n) is 1.09. The molecule has 0 aliphatic heterocycles. The number of hydrogen-bond acceptors (Lipinski definition) is 4. The summed E-state index contributed by atoms with van der Waals surface area (Å²) in [7, 11) is 0. The fourth-order valence-corrected chi connectivity index (χ4v) is 1.09. The minimum atomic E-state index is -4.17. The third-order valence-electron chi connectivity index (χ3n) is 2.25. The average Bonchev–Trinajstić information content (AvgIpc) is 2.12. The highest BCUT2D eigenvalue weighted by atomic mass is 19.4. The number of alkyl halides is 1. The Labute approximate surface area is 102 Å². The van der Waals surface area contributed by atoms with E-state index in [0.717, 1.165) is 13.8 Å². The van der Waals surface area contributed by atoms with Crippen molar-refractivity contribution in [3.63, 3.8) is 0 Å². The molecule has 0 rings (SSSR count). The van der Waals surface area contributed by atoms with E-state index in [0.29, 0.717) is 0 Å². The van der Waals surface area contributed by atoms with E-state index >= 15 is 0 Å². The summed E-state index contributed by atoms with van der Waals surface area (Å²) in [6, 6.07) is 0. The van der Waals surface area contributed by atoms with Gasteiger partial charge in [-0.25, -0.2) is 9.18 Å². The second-order valence-corrected chi connectivity index (χ2v) is 5.29. The van der Waals surface area contributed by atoms with Crippen molar-refractivity contribution in [2.24, 2.45) is 5.41 Å². The quantitative estimate of drug-likeness (QED) is 0.482. The molecule has 0 saturated heterocycles. The Balaban J connectivity index is 5.46. The van der Waals surface area contributed by atoms with E-state index in [4.69, 9.17) is 9.84 Å². The third kappa shape index (κ3) is 2.92. The predicted octanol–water partition coefficient (Wildman–Crippen LogP) is 2.18. The summed E-state index contributed by atoms with van der Waals surface area (Å²) >= 11 is 0. The van der Waals surface area contributed by atoms with E-state index in [-0.39, 0.29) is 0 Å². The van der Waals surface area contributed by atoms with Crippen LogP contribution in [0.4, 0.5) is 13.4 Å². The second kappa shape index (κ2) is 4.75. The molecule has 8 heteroatoms. The van der Waals surface area contributed by atoms with Gasteiger partial charge < -0.3 is 9.84 Å². The number of nitrogens with zero attached hydrogens (tertiary/aromatic N) is 1. The Morgan fingerprint density at radius 1 is 1.11 bits per heavy atom. The summed E-state index contributed by atoms with van der Waals surface area (Å²) < 4.78 is 43.6. The van der Waals surface area contributed by atoms with Crippen molar-refractivity contribution in [1.82, 2.24) is 5.34 Å². The number of carbonyl (C=O) groups excluding carboxylic acids is 1. The van der Waals surface area contributed by atoms with Crippen molar-refractivity contribution in [1.29, 1.82) is 0 Å². The summed E-state index contributed by atoms with van der Waals surface area (Å²) in [5.41, 5.74) is -3.64. The summed E-state index contributed by atoms with van der Waals surface area (Å²) in [6.07, 6.45) is 0. The minimum Gasteiger partial charge on any atom is -0.478 e. The molecule has 0 bridgehead atoms. The number of carboxylic acids is 1. The van der Waals surface area contributed by atoms with Gasteiger partial charge in [0.05, 0.1) is 5.34 Å². The molecule has 0 aliphatic rings. The molecule has 0 aliphatic carbocycles. The highest BCUT2D eigenvalue weighted by Gasteiger charge is 2.64. The molecule has 0 radical (unpaired) electrons. The van der Waals surface area contributed by atoms with Crippen molar-refractivity contribution in [2.75, 3.05) is 0 Å². The van der Waals surface area contributed by atoms with E-state index < -0.39 is 34.1 Å². The maximum Gasteiger partial charge on any atom is 0.363 e. The van der Waals surface area contributed by atoms with Gasteiger partial charge in [-0.15, -0.1) is 0 Å². The van der Waals surface area contributed by atoms with E-state index in [9.17, 15) is 22.9 Å². The average molecular weight is 271 g/mol. The van der Waals surface area contributed by atoms with Crippen LogP contribution in [0.1, 0.15) is 34.6 Å². The molecule has 5 nitrogen and oxygen atoms in total. The van der Waals surface area contributed by atoms with Crippen LogP contribution < -0.4 is 0 Å². The number of aliphatic carboxylic acids is 1. The van der Waals surface area contributed by atoms with Crippen molar-refractivity contribution >= 4 is 11.9 Å². The van der Waals surface area contributed by atoms with Gasteiger partial charge in [0.2, 0.25) is 0 Å². The lowest BCUT2D eigenvalue weighted by Crippen LogP contribution is -2.59. The van der Waals surface area contributed by atoms with Crippen molar-refractivity contribution in [2.45, 2.75) is 46.0 Å². The number of carboxylic acid groups (broad SMARTS) is 1. The predicted molar refractivity (Wildman–Crippen MR) is 55.2 cm³/mol. The highest BCUT2D eigenvalue weighted by Crippen LogP contribution is 2.40. The Morgan fingerprint density at radius 3 is 1.72 bits per heavy atom. The molecule has 0 aromatic heterocycles. The SMILES string of the molecule is CC(C)(C)OC(=O)C(C)(C)[C@@](F)(C(=O)O)N(F)F. The van der Waals surface area contributed by atoms with Gasteiger partial charge in [0.15, 0.2) is 0 Å². The van der Waals surface area contributed by atoms with Gasteiger partial charge in [0, 0.05) is 0 Å². The normalized spacial score (nSPS) is 16.3. The molecule has 1 atom stereocenters. The van der Waals surface area contributed by atoms with Crippen molar-refractivity contribution in [3.05, 3.63) is 0 Å². The molecule has 0 aromatic carbocycles. The zero-order valence-electron chi connectivity index (χ0n) is 10.8. The van der Waals surface area contributed by atoms with E-state index in [1.165, 1.54) is 20.8 Å². The Kier molecular flexibility index (Phi) is 4.41. The molecule has 18 heavy (non-hydrogen) atoms. The number of hydrogen-bond donors (Lipinski definition) is 1. The Hall–Kier alpha value is -1.31. The van der Waals surface area contributed by atoms with Crippen LogP contribution in [0.15, 0.2) is 0 Å². The van der Waals surface area contributed by atoms with Gasteiger partial charge in [0.25, 0.3) is 0 Å². The maximum absolute atomic E-state index is 13.9. The minimum absolute atomic E-state index is 0.737. The summed E-state index contributed by atoms with van der Waals surface area (Å²) in [6.45, 7) is 5.82. The first-order valence-corrected chi connectivity index (χ1v) is 5.04. The van der Waals surface area contributed by atoms with Crippen LogP contribution >= 0.6 is 0 Å². The Morgan fingerprint density at radius 2 is 1.50 bits per heavy atom. The number of halogens is 3. The zero-order valence-corrected chi connectivity index (χ0v) is 10.8. The molecule has 0 amide bonds. The van der Waals surface area contributed by atoms with Crippen LogP contribution in [0.3, 0.4) is 0 Å². The van der Waals surface area contributed by atoms with Crippen LogP contribution in [-0.4, -0.2) is 33.8 Å². The van der Waals surface area contributed by atoms with Crippen LogP contribution in [0.5, 0.6) is 0 Å². The summed E-state index contributed by atoms with van der Waals surface area (Å²) in [5, 5.41) is 6.44. The second-order valence-electron chi connectivity index (χ2n) is 5.29. The van der Waals surface area contributed by atoms with E-state index in [2.05, 4.69) is 0 Å². The van der Waals surface area contributed by atoms with Gasteiger partial charge >= 0.3 is 17.7 Å². The molecule has 0 fully saturated rings. The Bertz CT molecular complexity index is 352. The first kappa shape index (κ1) is 16.7. The number of ether oxygens (including phenoxy) is 1. The topological polar surface area (TPSA) is 66.8 Å². The monoisotopic (exact) mass is 271 g/mol. The number of esters is 1. The summed E-state index contributed by atoms with van der Waals surface area (Å²) in [4.78, 5) is 22.3. The van der Waals surface area contributed by atoms with Gasteiger partial charge in [0.1, 0.15) is 11.0 Å². The molecule has 0 heterocycles. The molecule has 106 valence electrons. The maximum atomic E-state index is 13.9. The van der Waals surface area contributed by atoms with Crippen LogP contribution in [0.25, 0.3) is 0 Å². The molecular formula is C10H16F3NO4. The van der Waals surface area contributed by atoms with Crippen LogP contribution in [-0.2, 0) is 14.3 Å². The first-order chi connectivity index (χ1) is 7.76. The summed E-state index contributed by atoms with van der Waals surface area (Å²) in [5.74, 6) is -8.02. The first-order valence-electron chi connectivity index (χ1n) is 5.04. The standard InChI is InChI=1S/C10H16F3NO4/c1-8(2,3)18-7(17)9(4,5)10(11,6(15)16)14(12)13/h1-5H3,(H,15,16)/t10-/m1/s1. The highest BCUT2D eigenvalue weighted by molar-refractivity contribution is 5.88. The van der Waals surface area contributed by atoms with Crippen molar-refractivity contribution in [3.8, 4) is 0 Å². The van der Waals surface area contributed by atoms with Gasteiger partial charge in [-0.3, -0.25) is 4.79 Å². The van der Waals surface area contributed by atoms with E-state index in [1.54, 1.807) is 0 Å². The fraction of sp³-hybridized carbons (Fsp3) is 0.800. The molecule has 0 unspecified atom stereocenters. The van der Waals surface area contributed by atoms with Gasteiger partial charge in [-0.1, -0.05) is 8.96 Å². The number of rotatable bonds is 4. The van der Waals surface area contributed by atoms with Crippen molar-refractivity contribution < 1.29 is 32.8 Å². The lowest BCUT2D eigenvalue weighted by molar-refractivity contribution is -0.306. The van der Waals surface area contributed by atoms with Crippen LogP contribution in [0.2, 0.25) is 0 Å². The van der Waals surface area contributed by atoms with Gasteiger partial charge in [-0.05, 0) is 34.6 Å². The molecule has 1 N–H and O–H groups in total. The number of carbonyl (C=O) groups is 2. The third-order valence-corrected chi connectivity index (χ3v) is 2.25. The van der Waals surface area contributed by atoms with E-state index in [1.807, 2.05) is 0 Å².